The molecule has 0 bridgehead atoms. The Morgan fingerprint density at radius 1 is 1.32 bits per heavy atom. The summed E-state index contributed by atoms with van der Waals surface area (Å²) >= 11 is 0. The molecule has 22 heavy (non-hydrogen) atoms. The number of amides is 1. The van der Waals surface area contributed by atoms with Crippen molar-refractivity contribution >= 4 is 11.9 Å². The fraction of sp³-hybridized carbons (Fsp3) is 0.500. The van der Waals surface area contributed by atoms with Gasteiger partial charge in [-0.15, -0.1) is 0 Å². The van der Waals surface area contributed by atoms with E-state index >= 15 is 0 Å². The van der Waals surface area contributed by atoms with Crippen molar-refractivity contribution in [3.05, 3.63) is 29.3 Å². The van der Waals surface area contributed by atoms with E-state index in [4.69, 9.17) is 9.84 Å². The van der Waals surface area contributed by atoms with E-state index in [1.165, 1.54) is 0 Å². The Morgan fingerprint density at radius 3 is 2.50 bits per heavy atom. The molecule has 1 aliphatic rings. The number of ether oxygens (including phenoxy) is 1. The molecular formula is C16H21NO5. The molecule has 1 aromatic rings. The standard InChI is InChI=1S/C16H21NO5/c1-11-3-4-12(9-13(11)22-2)10-14(18)17-7-5-16(21,6-8-17)15(19)20/h3-4,9,21H,5-8,10H2,1-2H3,(H,19,20). The van der Waals surface area contributed by atoms with Crippen LogP contribution in [0.1, 0.15) is 24.0 Å². The van der Waals surface area contributed by atoms with Crippen LogP contribution in [-0.2, 0) is 16.0 Å². The average molecular weight is 307 g/mol. The SMILES string of the molecule is COc1cc(CC(=O)N2CCC(O)(C(=O)O)CC2)ccc1C. The number of aryl methyl sites for hydroxylation is 1. The van der Waals surface area contributed by atoms with E-state index in [2.05, 4.69) is 0 Å². The first-order chi connectivity index (χ1) is 10.4. The molecule has 1 aliphatic heterocycles. The third kappa shape index (κ3) is 3.39. The summed E-state index contributed by atoms with van der Waals surface area (Å²) in [6.07, 6.45) is 0.360. The molecule has 0 saturated carbocycles. The molecule has 0 unspecified atom stereocenters. The minimum Gasteiger partial charge on any atom is -0.496 e. The van der Waals surface area contributed by atoms with E-state index < -0.39 is 11.6 Å². The molecule has 2 N–H and O–H groups in total. The Bertz CT molecular complexity index is 576. The zero-order chi connectivity index (χ0) is 16.3. The second-order valence-electron chi connectivity index (χ2n) is 5.70. The highest BCUT2D eigenvalue weighted by Crippen LogP contribution is 2.24. The molecule has 1 saturated heterocycles. The van der Waals surface area contributed by atoms with Crippen LogP contribution in [0.15, 0.2) is 18.2 Å². The number of hydrogen-bond acceptors (Lipinski definition) is 4. The summed E-state index contributed by atoms with van der Waals surface area (Å²) in [5.41, 5.74) is 0.152. The van der Waals surface area contributed by atoms with Crippen molar-refractivity contribution in [2.75, 3.05) is 20.2 Å². The molecule has 0 radical (unpaired) electrons. The van der Waals surface area contributed by atoms with Crippen molar-refractivity contribution in [3.8, 4) is 5.75 Å². The predicted octanol–water partition coefficient (Wildman–Crippen LogP) is 0.984. The molecule has 1 aromatic carbocycles. The van der Waals surface area contributed by atoms with Gasteiger partial charge in [-0.3, -0.25) is 4.79 Å². The Morgan fingerprint density at radius 2 is 1.95 bits per heavy atom. The van der Waals surface area contributed by atoms with Crippen LogP contribution in [0.4, 0.5) is 0 Å². The minimum atomic E-state index is -1.70. The van der Waals surface area contributed by atoms with Gasteiger partial charge in [-0.05, 0) is 24.1 Å². The quantitative estimate of drug-likeness (QED) is 0.866. The molecule has 0 atom stereocenters. The van der Waals surface area contributed by atoms with Gasteiger partial charge in [-0.25, -0.2) is 4.79 Å². The highest BCUT2D eigenvalue weighted by atomic mass is 16.5. The summed E-state index contributed by atoms with van der Waals surface area (Å²) in [7, 11) is 1.59. The predicted molar refractivity (Wildman–Crippen MR) is 79.8 cm³/mol. The Labute approximate surface area is 129 Å². The molecule has 0 aromatic heterocycles. The second kappa shape index (κ2) is 6.36. The highest BCUT2D eigenvalue weighted by Gasteiger charge is 2.40. The van der Waals surface area contributed by atoms with E-state index in [9.17, 15) is 14.7 Å². The van der Waals surface area contributed by atoms with Crippen molar-refractivity contribution in [3.63, 3.8) is 0 Å². The molecule has 120 valence electrons. The fourth-order valence-electron chi connectivity index (χ4n) is 2.60. The van der Waals surface area contributed by atoms with Gasteiger partial charge in [-0.2, -0.15) is 0 Å². The number of piperidine rings is 1. The van der Waals surface area contributed by atoms with Crippen LogP contribution in [-0.4, -0.2) is 52.8 Å². The zero-order valence-electron chi connectivity index (χ0n) is 12.8. The van der Waals surface area contributed by atoms with E-state index in [0.29, 0.717) is 0 Å². The molecule has 6 heteroatoms. The van der Waals surface area contributed by atoms with Gasteiger partial charge in [0.25, 0.3) is 0 Å². The van der Waals surface area contributed by atoms with Gasteiger partial charge in [0.05, 0.1) is 13.5 Å². The van der Waals surface area contributed by atoms with Crippen molar-refractivity contribution < 1.29 is 24.5 Å². The van der Waals surface area contributed by atoms with Crippen LogP contribution in [0.25, 0.3) is 0 Å². The normalized spacial score (nSPS) is 17.1. The Hall–Kier alpha value is -2.08. The molecule has 6 nitrogen and oxygen atoms in total. The molecule has 0 spiro atoms. The number of aliphatic hydroxyl groups is 1. The maximum Gasteiger partial charge on any atom is 0.335 e. The maximum absolute atomic E-state index is 12.3. The van der Waals surface area contributed by atoms with E-state index in [0.717, 1.165) is 16.9 Å². The summed E-state index contributed by atoms with van der Waals surface area (Å²) in [5.74, 6) is -0.551. The van der Waals surface area contributed by atoms with Gasteiger partial charge in [0.15, 0.2) is 5.60 Å². The fourth-order valence-corrected chi connectivity index (χ4v) is 2.60. The van der Waals surface area contributed by atoms with Crippen molar-refractivity contribution in [1.82, 2.24) is 4.90 Å². The van der Waals surface area contributed by atoms with E-state index in [1.807, 2.05) is 25.1 Å². The summed E-state index contributed by atoms with van der Waals surface area (Å²) in [6, 6.07) is 5.62. The molecule has 2 rings (SSSR count). The van der Waals surface area contributed by atoms with Crippen LogP contribution >= 0.6 is 0 Å². The molecule has 1 fully saturated rings. The van der Waals surface area contributed by atoms with Crippen molar-refractivity contribution in [2.24, 2.45) is 0 Å². The van der Waals surface area contributed by atoms with Crippen LogP contribution in [0.3, 0.4) is 0 Å². The number of carbonyl (C=O) groups excluding carboxylic acids is 1. The topological polar surface area (TPSA) is 87.1 Å². The largest absolute Gasteiger partial charge is 0.496 e. The number of carbonyl (C=O) groups is 2. The minimum absolute atomic E-state index is 0.0608. The van der Waals surface area contributed by atoms with Crippen LogP contribution in [0.2, 0.25) is 0 Å². The summed E-state index contributed by atoms with van der Waals surface area (Å²) in [5, 5.41) is 18.9. The van der Waals surface area contributed by atoms with Gasteiger partial charge in [0.1, 0.15) is 5.75 Å². The third-order valence-corrected chi connectivity index (χ3v) is 4.17. The first kappa shape index (κ1) is 16.3. The van der Waals surface area contributed by atoms with E-state index in [1.54, 1.807) is 12.0 Å². The number of methoxy groups -OCH3 is 1. The number of hydrogen-bond donors (Lipinski definition) is 2. The lowest BCUT2D eigenvalue weighted by Crippen LogP contribution is -2.51. The second-order valence-corrected chi connectivity index (χ2v) is 5.70. The van der Waals surface area contributed by atoms with Gasteiger partial charge in [0.2, 0.25) is 5.91 Å². The number of carboxylic acid groups (broad SMARTS) is 1. The van der Waals surface area contributed by atoms with Crippen LogP contribution in [0.5, 0.6) is 5.75 Å². The highest BCUT2D eigenvalue weighted by molar-refractivity contribution is 5.81. The number of aliphatic carboxylic acids is 1. The first-order valence-corrected chi connectivity index (χ1v) is 7.23. The Balaban J connectivity index is 1.98. The molecular weight excluding hydrogens is 286 g/mol. The number of likely N-dealkylation sites (tertiary alicyclic amines) is 1. The summed E-state index contributed by atoms with van der Waals surface area (Å²) in [4.78, 5) is 24.9. The van der Waals surface area contributed by atoms with Gasteiger partial charge in [0, 0.05) is 25.9 Å². The smallest absolute Gasteiger partial charge is 0.335 e. The first-order valence-electron chi connectivity index (χ1n) is 7.23. The zero-order valence-corrected chi connectivity index (χ0v) is 12.8. The maximum atomic E-state index is 12.3. The monoisotopic (exact) mass is 307 g/mol. The van der Waals surface area contributed by atoms with Crippen molar-refractivity contribution in [1.29, 1.82) is 0 Å². The number of nitrogens with zero attached hydrogens (tertiary/aromatic N) is 1. The third-order valence-electron chi connectivity index (χ3n) is 4.17. The van der Waals surface area contributed by atoms with Gasteiger partial charge >= 0.3 is 5.97 Å². The van der Waals surface area contributed by atoms with Crippen LogP contribution in [0, 0.1) is 6.92 Å². The molecule has 1 heterocycles. The lowest BCUT2D eigenvalue weighted by molar-refractivity contribution is -0.165. The van der Waals surface area contributed by atoms with Crippen LogP contribution < -0.4 is 4.74 Å². The summed E-state index contributed by atoms with van der Waals surface area (Å²) in [6.45, 7) is 2.44. The molecule has 1 amide bonds. The van der Waals surface area contributed by atoms with E-state index in [-0.39, 0.29) is 38.3 Å². The summed E-state index contributed by atoms with van der Waals surface area (Å²) < 4.78 is 5.24. The average Bonchev–Trinajstić information content (AvgIpc) is 2.49. The lowest BCUT2D eigenvalue weighted by Gasteiger charge is -2.35. The molecule has 0 aliphatic carbocycles. The number of carboxylic acids is 1. The van der Waals surface area contributed by atoms with Gasteiger partial charge < -0.3 is 19.8 Å². The lowest BCUT2D eigenvalue weighted by atomic mass is 9.91. The Kier molecular flexibility index (Phi) is 4.71. The number of benzene rings is 1. The van der Waals surface area contributed by atoms with Gasteiger partial charge in [-0.1, -0.05) is 12.1 Å². The number of rotatable bonds is 4. The van der Waals surface area contributed by atoms with Crippen molar-refractivity contribution in [2.45, 2.75) is 31.8 Å².